The number of nitrogens with one attached hydrogen (secondary N) is 1. The van der Waals surface area contributed by atoms with Crippen LogP contribution in [0.25, 0.3) is 0 Å². The van der Waals surface area contributed by atoms with Gasteiger partial charge in [-0.05, 0) is 43.5 Å². The molecule has 0 aliphatic carbocycles. The highest BCUT2D eigenvalue weighted by molar-refractivity contribution is 5.37. The van der Waals surface area contributed by atoms with Gasteiger partial charge in [-0.1, -0.05) is 32.0 Å². The van der Waals surface area contributed by atoms with Crippen LogP contribution in [0.1, 0.15) is 38.2 Å². The fraction of sp³-hybridized carbons (Fsp3) is 0.667. The summed E-state index contributed by atoms with van der Waals surface area (Å²) in [5.74, 6) is 2.48. The Morgan fingerprint density at radius 2 is 2.14 bits per heavy atom. The van der Waals surface area contributed by atoms with Crippen molar-refractivity contribution in [1.82, 2.24) is 10.2 Å². The molecule has 0 amide bonds. The lowest BCUT2D eigenvalue weighted by atomic mass is 9.89. The molecule has 0 spiro atoms. The molecule has 0 aromatic heterocycles. The van der Waals surface area contributed by atoms with Crippen LogP contribution >= 0.6 is 0 Å². The van der Waals surface area contributed by atoms with Crippen molar-refractivity contribution in [3.63, 3.8) is 0 Å². The molecule has 2 aliphatic rings. The van der Waals surface area contributed by atoms with Crippen LogP contribution in [-0.2, 0) is 0 Å². The maximum atomic E-state index is 5.78. The molecule has 2 aliphatic heterocycles. The predicted octanol–water partition coefficient (Wildman–Crippen LogP) is 2.87. The van der Waals surface area contributed by atoms with E-state index in [1.54, 1.807) is 0 Å². The second kappa shape index (κ2) is 6.80. The van der Waals surface area contributed by atoms with Crippen molar-refractivity contribution < 1.29 is 4.74 Å². The lowest BCUT2D eigenvalue weighted by Gasteiger charge is -2.39. The van der Waals surface area contributed by atoms with Gasteiger partial charge in [-0.3, -0.25) is 0 Å². The molecular formula is C18H28N2O. The number of fused-ring (bicyclic) bond motifs is 1. The number of ether oxygens (including phenoxy) is 1. The summed E-state index contributed by atoms with van der Waals surface area (Å²) in [5.41, 5.74) is 1.41. The van der Waals surface area contributed by atoms with E-state index < -0.39 is 0 Å². The first-order chi connectivity index (χ1) is 10.3. The highest BCUT2D eigenvalue weighted by Gasteiger charge is 2.29. The van der Waals surface area contributed by atoms with Crippen molar-refractivity contribution in [3.8, 4) is 5.75 Å². The van der Waals surface area contributed by atoms with Gasteiger partial charge in [-0.2, -0.15) is 0 Å². The van der Waals surface area contributed by atoms with E-state index in [1.165, 1.54) is 31.6 Å². The van der Waals surface area contributed by atoms with Crippen LogP contribution in [0.15, 0.2) is 24.3 Å². The Kier molecular flexibility index (Phi) is 4.81. The molecular weight excluding hydrogens is 260 g/mol. The quantitative estimate of drug-likeness (QED) is 0.922. The summed E-state index contributed by atoms with van der Waals surface area (Å²) in [5, 5.41) is 3.63. The van der Waals surface area contributed by atoms with Crippen molar-refractivity contribution in [2.75, 3.05) is 32.8 Å². The van der Waals surface area contributed by atoms with E-state index in [0.29, 0.717) is 12.0 Å². The lowest BCUT2D eigenvalue weighted by Crippen LogP contribution is -2.49. The molecule has 21 heavy (non-hydrogen) atoms. The monoisotopic (exact) mass is 288 g/mol. The van der Waals surface area contributed by atoms with Crippen molar-refractivity contribution in [2.24, 2.45) is 5.92 Å². The second-order valence-electron chi connectivity index (χ2n) is 6.56. The van der Waals surface area contributed by atoms with Crippen LogP contribution in [0.5, 0.6) is 5.75 Å². The van der Waals surface area contributed by atoms with Crippen LogP contribution in [0.2, 0.25) is 0 Å². The van der Waals surface area contributed by atoms with Gasteiger partial charge in [-0.15, -0.1) is 0 Å². The number of hydrogen-bond donors (Lipinski definition) is 1. The first-order valence-corrected chi connectivity index (χ1v) is 8.45. The molecule has 3 nitrogen and oxygen atoms in total. The number of benzene rings is 1. The Bertz CT molecular complexity index is 462. The predicted molar refractivity (Wildman–Crippen MR) is 87.0 cm³/mol. The third kappa shape index (κ3) is 3.41. The molecule has 0 bridgehead atoms. The normalized spacial score (nSPS) is 29.7. The standard InChI is InChI=1S/C18H28N2O/c1-3-19-17-8-10-20(12-14(17)2)13-15-9-11-21-18-7-5-4-6-16(15)18/h4-7,14-15,17,19H,3,8-13H2,1-2H3. The number of piperidine rings is 1. The lowest BCUT2D eigenvalue weighted by molar-refractivity contribution is 0.131. The van der Waals surface area contributed by atoms with E-state index >= 15 is 0 Å². The van der Waals surface area contributed by atoms with Crippen LogP contribution in [0.3, 0.4) is 0 Å². The average Bonchev–Trinajstić information content (AvgIpc) is 2.51. The summed E-state index contributed by atoms with van der Waals surface area (Å²) in [6.07, 6.45) is 2.43. The molecule has 3 rings (SSSR count). The van der Waals surface area contributed by atoms with Gasteiger partial charge in [0, 0.05) is 25.0 Å². The summed E-state index contributed by atoms with van der Waals surface area (Å²) in [6, 6.07) is 9.27. The maximum absolute atomic E-state index is 5.78. The topological polar surface area (TPSA) is 24.5 Å². The molecule has 0 radical (unpaired) electrons. The Morgan fingerprint density at radius 1 is 1.29 bits per heavy atom. The Hall–Kier alpha value is -1.06. The summed E-state index contributed by atoms with van der Waals surface area (Å²) in [6.45, 7) is 10.2. The third-order valence-electron chi connectivity index (χ3n) is 5.02. The van der Waals surface area contributed by atoms with E-state index in [4.69, 9.17) is 4.74 Å². The van der Waals surface area contributed by atoms with Crippen LogP contribution in [0, 0.1) is 5.92 Å². The van der Waals surface area contributed by atoms with Crippen LogP contribution < -0.4 is 10.1 Å². The molecule has 3 unspecified atom stereocenters. The summed E-state index contributed by atoms with van der Waals surface area (Å²) < 4.78 is 5.78. The molecule has 116 valence electrons. The number of nitrogens with zero attached hydrogens (tertiary/aromatic N) is 1. The fourth-order valence-electron chi connectivity index (χ4n) is 3.88. The van der Waals surface area contributed by atoms with Gasteiger partial charge < -0.3 is 15.0 Å². The molecule has 2 heterocycles. The number of hydrogen-bond acceptors (Lipinski definition) is 3. The molecule has 0 saturated carbocycles. The fourth-order valence-corrected chi connectivity index (χ4v) is 3.88. The van der Waals surface area contributed by atoms with Crippen molar-refractivity contribution in [1.29, 1.82) is 0 Å². The van der Waals surface area contributed by atoms with Crippen molar-refractivity contribution in [2.45, 2.75) is 38.6 Å². The molecule has 1 aromatic carbocycles. The van der Waals surface area contributed by atoms with Gasteiger partial charge in [0.25, 0.3) is 0 Å². The minimum atomic E-state index is 0.637. The highest BCUT2D eigenvalue weighted by atomic mass is 16.5. The van der Waals surface area contributed by atoms with Gasteiger partial charge in [0.1, 0.15) is 5.75 Å². The van der Waals surface area contributed by atoms with E-state index in [0.717, 1.165) is 31.2 Å². The first kappa shape index (κ1) is 14.9. The molecule has 1 N–H and O–H groups in total. The Labute approximate surface area is 128 Å². The second-order valence-corrected chi connectivity index (χ2v) is 6.56. The number of likely N-dealkylation sites (tertiary alicyclic amines) is 1. The first-order valence-electron chi connectivity index (χ1n) is 8.45. The van der Waals surface area contributed by atoms with Crippen molar-refractivity contribution >= 4 is 0 Å². The largest absolute Gasteiger partial charge is 0.493 e. The zero-order valence-corrected chi connectivity index (χ0v) is 13.3. The van der Waals surface area contributed by atoms with Crippen LogP contribution in [0.4, 0.5) is 0 Å². The summed E-state index contributed by atoms with van der Waals surface area (Å²) in [7, 11) is 0. The molecule has 3 atom stereocenters. The zero-order valence-electron chi connectivity index (χ0n) is 13.3. The third-order valence-corrected chi connectivity index (χ3v) is 5.02. The smallest absolute Gasteiger partial charge is 0.122 e. The Morgan fingerprint density at radius 3 is 2.95 bits per heavy atom. The maximum Gasteiger partial charge on any atom is 0.122 e. The van der Waals surface area contributed by atoms with E-state index in [2.05, 4.69) is 48.3 Å². The van der Waals surface area contributed by atoms with Crippen LogP contribution in [-0.4, -0.2) is 43.7 Å². The SMILES string of the molecule is CCNC1CCN(CC2CCOc3ccccc32)CC1C. The molecule has 1 fully saturated rings. The van der Waals surface area contributed by atoms with E-state index in [9.17, 15) is 0 Å². The van der Waals surface area contributed by atoms with Crippen molar-refractivity contribution in [3.05, 3.63) is 29.8 Å². The number of rotatable bonds is 4. The molecule has 3 heteroatoms. The zero-order chi connectivity index (χ0) is 14.7. The average molecular weight is 288 g/mol. The minimum Gasteiger partial charge on any atom is -0.493 e. The Balaban J connectivity index is 1.61. The summed E-state index contributed by atoms with van der Waals surface area (Å²) >= 11 is 0. The van der Waals surface area contributed by atoms with Gasteiger partial charge in [-0.25, -0.2) is 0 Å². The van der Waals surface area contributed by atoms with E-state index in [-0.39, 0.29) is 0 Å². The van der Waals surface area contributed by atoms with Gasteiger partial charge in [0.2, 0.25) is 0 Å². The highest BCUT2D eigenvalue weighted by Crippen LogP contribution is 2.34. The summed E-state index contributed by atoms with van der Waals surface area (Å²) in [4.78, 5) is 2.66. The van der Waals surface area contributed by atoms with E-state index in [1.807, 2.05) is 0 Å². The molecule has 1 saturated heterocycles. The van der Waals surface area contributed by atoms with Gasteiger partial charge in [0.15, 0.2) is 0 Å². The molecule has 1 aromatic rings. The minimum absolute atomic E-state index is 0.637. The van der Waals surface area contributed by atoms with Gasteiger partial charge in [0.05, 0.1) is 6.61 Å². The number of para-hydroxylation sites is 1. The van der Waals surface area contributed by atoms with Gasteiger partial charge >= 0.3 is 0 Å².